The average molecular weight is 960 g/mol. The van der Waals surface area contributed by atoms with Crippen molar-refractivity contribution in [3.63, 3.8) is 0 Å². The van der Waals surface area contributed by atoms with Gasteiger partial charge in [0.2, 0.25) is 22.0 Å². The molecule has 16 nitrogen and oxygen atoms in total. The first kappa shape index (κ1) is 49.0. The molecular weight excluding hydrogens is 908 g/mol. The van der Waals surface area contributed by atoms with Gasteiger partial charge in [-0.1, -0.05) is 78.1 Å². The predicted molar refractivity (Wildman–Crippen MR) is 254 cm³/mol. The molecule has 66 heavy (non-hydrogen) atoms. The molecule has 4 N–H and O–H groups in total. The van der Waals surface area contributed by atoms with Crippen molar-refractivity contribution in [1.29, 1.82) is 5.26 Å². The van der Waals surface area contributed by atoms with Crippen LogP contribution < -0.4 is 19.7 Å². The van der Waals surface area contributed by atoms with E-state index in [1.807, 2.05) is 25.1 Å². The molecule has 1 aliphatic carbocycles. The fourth-order valence-electron chi connectivity index (χ4n) is 7.30. The maximum Gasteiger partial charge on any atom is 0.415 e. The molecule has 1 heterocycles. The van der Waals surface area contributed by atoms with Gasteiger partial charge in [0.1, 0.15) is 27.8 Å². The number of carbonyl (C=O) groups excluding carboxylic acids is 3. The number of amides is 2. The maximum absolute atomic E-state index is 14.4. The van der Waals surface area contributed by atoms with E-state index in [0.717, 1.165) is 42.9 Å². The second kappa shape index (κ2) is 18.8. The number of phenols is 1. The number of ether oxygens (including phenoxy) is 1. The van der Waals surface area contributed by atoms with Gasteiger partial charge < -0.3 is 19.6 Å². The van der Waals surface area contributed by atoms with Crippen LogP contribution in [-0.4, -0.2) is 63.1 Å². The van der Waals surface area contributed by atoms with Gasteiger partial charge in [-0.3, -0.25) is 23.9 Å². The van der Waals surface area contributed by atoms with Crippen LogP contribution in [0, 0.1) is 23.7 Å². The highest BCUT2D eigenvalue weighted by Gasteiger charge is 2.41. The van der Waals surface area contributed by atoms with Gasteiger partial charge in [-0.25, -0.2) is 26.6 Å². The van der Waals surface area contributed by atoms with Crippen molar-refractivity contribution >= 4 is 94.9 Å². The number of allylic oxidation sites excluding steroid dienone is 1. The van der Waals surface area contributed by atoms with Gasteiger partial charge in [-0.05, 0) is 103 Å². The number of nitrogens with one attached hydrogen (secondary N) is 3. The third kappa shape index (κ3) is 11.5. The number of sulfonamides is 2. The molecule has 5 aromatic rings. The minimum absolute atomic E-state index is 0.0545. The smallest absolute Gasteiger partial charge is 0.415 e. The molecule has 1 aliphatic rings. The summed E-state index contributed by atoms with van der Waals surface area (Å²) in [7, 11) is -8.21. The summed E-state index contributed by atoms with van der Waals surface area (Å²) in [6.07, 6.45) is 2.53. The van der Waals surface area contributed by atoms with Gasteiger partial charge in [0.25, 0.3) is 15.9 Å². The number of phenolic OH excluding ortho intramolecular Hbond substituents is 1. The summed E-state index contributed by atoms with van der Waals surface area (Å²) in [4.78, 5) is 47.8. The highest BCUT2D eigenvalue weighted by atomic mass is 35.5. The molecule has 0 aliphatic heterocycles. The van der Waals surface area contributed by atoms with E-state index in [9.17, 15) is 41.6 Å². The molecule has 19 heteroatoms. The van der Waals surface area contributed by atoms with Crippen molar-refractivity contribution in [3.05, 3.63) is 100 Å². The highest BCUT2D eigenvalue weighted by molar-refractivity contribution is 7.93. The largest absolute Gasteiger partial charge is 0.506 e. The van der Waals surface area contributed by atoms with Crippen molar-refractivity contribution in [2.45, 2.75) is 96.6 Å². The molecule has 1 fully saturated rings. The summed E-state index contributed by atoms with van der Waals surface area (Å²) >= 11 is 6.44. The number of carbonyl (C=O) groups is 3. The summed E-state index contributed by atoms with van der Waals surface area (Å²) in [6.45, 7) is 12.8. The first-order valence-electron chi connectivity index (χ1n) is 20.9. The monoisotopic (exact) mass is 958 g/mol. The molecule has 0 radical (unpaired) electrons. The zero-order valence-corrected chi connectivity index (χ0v) is 40.0. The number of benzene rings is 4. The molecule has 348 valence electrons. The molecular formula is C47H51ClN6O10S2. The summed E-state index contributed by atoms with van der Waals surface area (Å²) in [5.74, 6) is -2.38. The summed E-state index contributed by atoms with van der Waals surface area (Å²) in [5, 5.41) is 23.1. The summed E-state index contributed by atoms with van der Waals surface area (Å²) in [5.41, 5.74) is 2.61. The Balaban J connectivity index is 1.25. The molecule has 0 bridgehead atoms. The fraction of sp³-hybridized carbons (Fsp3) is 0.340. The molecule has 0 saturated heterocycles. The quantitative estimate of drug-likeness (QED) is 0.0637. The van der Waals surface area contributed by atoms with Gasteiger partial charge in [0, 0.05) is 23.2 Å². The molecule has 1 saturated carbocycles. The van der Waals surface area contributed by atoms with Crippen LogP contribution in [0.4, 0.5) is 27.5 Å². The van der Waals surface area contributed by atoms with Crippen LogP contribution in [0.1, 0.15) is 89.8 Å². The maximum atomic E-state index is 14.4. The zero-order chi connectivity index (χ0) is 48.5. The number of ketones is 1. The van der Waals surface area contributed by atoms with Gasteiger partial charge in [-0.2, -0.15) is 5.26 Å². The minimum atomic E-state index is -4.50. The van der Waals surface area contributed by atoms with Crippen molar-refractivity contribution < 1.29 is 45.5 Å². The second-order valence-electron chi connectivity index (χ2n) is 18.2. The molecule has 1 aromatic heterocycles. The number of Topliss-reactive ketones (excluding diaryl/α,β-unsaturated/α-hetero) is 1. The van der Waals surface area contributed by atoms with Crippen LogP contribution in [0.15, 0.2) is 82.1 Å². The molecule has 1 atom stereocenters. The van der Waals surface area contributed by atoms with Crippen molar-refractivity contribution in [1.82, 2.24) is 4.98 Å². The van der Waals surface area contributed by atoms with E-state index in [-0.39, 0.29) is 45.0 Å². The summed E-state index contributed by atoms with van der Waals surface area (Å²) in [6, 6.07) is 19.6. The number of aromatic nitrogens is 1. The highest BCUT2D eigenvalue weighted by Crippen LogP contribution is 2.35. The zero-order valence-electron chi connectivity index (χ0n) is 37.6. The Kier molecular flexibility index (Phi) is 14.0. The second-order valence-corrected chi connectivity index (χ2v) is 22.0. The average Bonchev–Trinajstić information content (AvgIpc) is 3.90. The number of oxazole rings is 1. The van der Waals surface area contributed by atoms with Crippen LogP contribution in [0.25, 0.3) is 22.7 Å². The molecule has 0 spiro atoms. The number of nitriles is 1. The van der Waals surface area contributed by atoms with Crippen LogP contribution in [0.2, 0.25) is 5.02 Å². The topological polar surface area (TPSA) is 238 Å². The third-order valence-electron chi connectivity index (χ3n) is 10.8. The molecule has 2 amide bonds. The number of nitrogens with zero attached hydrogens (tertiary/aromatic N) is 3. The third-order valence-corrected chi connectivity index (χ3v) is 13.1. The summed E-state index contributed by atoms with van der Waals surface area (Å²) < 4.78 is 66.1. The normalized spacial score (nSPS) is 14.3. The van der Waals surface area contributed by atoms with E-state index in [4.69, 9.17) is 20.8 Å². The van der Waals surface area contributed by atoms with Crippen molar-refractivity contribution in [3.8, 4) is 11.8 Å². The van der Waals surface area contributed by atoms with E-state index < -0.39 is 60.0 Å². The predicted octanol–water partition coefficient (Wildman–Crippen LogP) is 9.54. The lowest BCUT2D eigenvalue weighted by molar-refractivity contribution is -0.142. The van der Waals surface area contributed by atoms with Crippen LogP contribution in [0.5, 0.6) is 5.75 Å². The Morgan fingerprint density at radius 3 is 2.21 bits per heavy atom. The molecule has 1 unspecified atom stereocenters. The first-order chi connectivity index (χ1) is 30.7. The van der Waals surface area contributed by atoms with E-state index in [1.165, 1.54) is 23.1 Å². The van der Waals surface area contributed by atoms with E-state index >= 15 is 0 Å². The number of halogens is 1. The number of aryl methyl sites for hydroxylation is 1. The van der Waals surface area contributed by atoms with Gasteiger partial charge in [-0.15, -0.1) is 0 Å². The molecule has 6 rings (SSSR count). The van der Waals surface area contributed by atoms with Gasteiger partial charge in [0.05, 0.1) is 28.3 Å². The fourth-order valence-corrected chi connectivity index (χ4v) is 9.15. The van der Waals surface area contributed by atoms with Crippen LogP contribution in [-0.2, 0) is 39.8 Å². The molecule has 4 aromatic carbocycles. The number of fused-ring (bicyclic) bond motifs is 1. The number of anilines is 4. The lowest BCUT2D eigenvalue weighted by atomic mass is 9.87. The SMILES string of the molecule is Cc1cc(N(C(=O)OC(C(=O)Nc2cc(NS(=O)(=O)c3ccc(NS(C)(=O)=O)cc3O)ccc2Cl)C(=O)C(C)(C)C)C2CCCC2)ccc1/C=C(\C#N)c1nc2cc(C(C)(C)C)ccc2o1. The minimum Gasteiger partial charge on any atom is -0.506 e. The number of aromatic hydroxyl groups is 1. The number of hydrogen-bond donors (Lipinski definition) is 4. The van der Waals surface area contributed by atoms with Crippen molar-refractivity contribution in [2.24, 2.45) is 5.41 Å². The van der Waals surface area contributed by atoms with E-state index in [0.29, 0.717) is 40.8 Å². The van der Waals surface area contributed by atoms with Gasteiger partial charge >= 0.3 is 6.09 Å². The van der Waals surface area contributed by atoms with E-state index in [2.05, 4.69) is 46.6 Å². The number of rotatable bonds is 13. The van der Waals surface area contributed by atoms with E-state index in [1.54, 1.807) is 45.0 Å². The number of hydrogen-bond acceptors (Lipinski definition) is 12. The van der Waals surface area contributed by atoms with Crippen LogP contribution >= 0.6 is 11.6 Å². The Bertz CT molecular complexity index is 3030. The Labute approximate surface area is 389 Å². The van der Waals surface area contributed by atoms with Crippen LogP contribution in [0.3, 0.4) is 0 Å². The Morgan fingerprint density at radius 1 is 0.939 bits per heavy atom. The lowest BCUT2D eigenvalue weighted by Gasteiger charge is -2.31. The Hall–Kier alpha value is -6.42. The standard InChI is InChI=1S/C47H51ClN6O10S2/c1-27-21-34(17-13-28(27)22-29(26-49)44-51-37-23-30(46(2,3)4)14-19-39(37)63-44)54(33-11-9-10-12-33)45(58)64-41(42(56)47(5,6)7)43(57)50-36-24-31(15-18-35(36)48)53-66(61,62)40-20-16-32(25-38(40)55)52-65(8,59)60/h13-25,33,41,52-53,55H,9-12H2,1-8H3,(H,50,57)/b29-22+. The Morgan fingerprint density at radius 2 is 1.61 bits per heavy atom. The van der Waals surface area contributed by atoms with Gasteiger partial charge in [0.15, 0.2) is 11.4 Å². The van der Waals surface area contributed by atoms with Crippen molar-refractivity contribution in [2.75, 3.05) is 25.9 Å². The lowest BCUT2D eigenvalue weighted by Crippen LogP contribution is -2.48. The first-order valence-corrected chi connectivity index (χ1v) is 24.6.